The topological polar surface area (TPSA) is 122 Å². The molecule has 0 atom stereocenters. The molecule has 0 saturated carbocycles. The first-order chi connectivity index (χ1) is 15.5. The zero-order valence-electron chi connectivity index (χ0n) is 16.7. The molecule has 3 amide bonds. The number of amides is 3. The maximum atomic E-state index is 11.9. The predicted molar refractivity (Wildman–Crippen MR) is 121 cm³/mol. The van der Waals surface area contributed by atoms with Crippen LogP contribution in [-0.4, -0.2) is 30.5 Å². The Kier molecular flexibility index (Phi) is 8.15. The molecule has 0 aliphatic rings. The van der Waals surface area contributed by atoms with Gasteiger partial charge in [0.25, 0.3) is 5.91 Å². The number of carbonyl (C=O) groups excluding carboxylic acids is 3. The molecule has 0 unspecified atom stereocenters. The van der Waals surface area contributed by atoms with Crippen molar-refractivity contribution in [2.24, 2.45) is 5.10 Å². The molecule has 0 saturated heterocycles. The van der Waals surface area contributed by atoms with Crippen molar-refractivity contribution in [3.63, 3.8) is 0 Å². The average Bonchev–Trinajstić information content (AvgIpc) is 3.32. The Labute approximate surface area is 192 Å². The maximum absolute atomic E-state index is 11.9. The van der Waals surface area contributed by atoms with E-state index in [2.05, 4.69) is 37.1 Å². The van der Waals surface area contributed by atoms with Gasteiger partial charge in [0, 0.05) is 4.47 Å². The Bertz CT molecular complexity index is 1100. The normalized spacial score (nSPS) is 10.5. The van der Waals surface area contributed by atoms with Gasteiger partial charge in [0.2, 0.25) is 0 Å². The van der Waals surface area contributed by atoms with Gasteiger partial charge in [-0.05, 0) is 70.0 Å². The first-order valence-corrected chi connectivity index (χ1v) is 10.2. The summed E-state index contributed by atoms with van der Waals surface area (Å²) in [6, 6.07) is 17.1. The number of ether oxygens (including phenoxy) is 1. The van der Waals surface area contributed by atoms with E-state index in [1.165, 1.54) is 12.5 Å². The summed E-state index contributed by atoms with van der Waals surface area (Å²) in [4.78, 5) is 35.6. The van der Waals surface area contributed by atoms with E-state index in [0.717, 1.165) is 0 Å². The molecule has 3 aromatic rings. The van der Waals surface area contributed by atoms with Gasteiger partial charge < -0.3 is 19.8 Å². The molecule has 3 N–H and O–H groups in total. The van der Waals surface area contributed by atoms with E-state index in [0.29, 0.717) is 27.2 Å². The molecule has 164 valence electrons. The molecule has 1 heterocycles. The lowest BCUT2D eigenvalue weighted by Crippen LogP contribution is -2.32. The molecule has 0 aliphatic carbocycles. The summed E-state index contributed by atoms with van der Waals surface area (Å²) in [5.74, 6) is -0.886. The highest BCUT2D eigenvalue weighted by Crippen LogP contribution is 2.20. The summed E-state index contributed by atoms with van der Waals surface area (Å²) >= 11 is 3.29. The molecule has 9 nitrogen and oxygen atoms in total. The largest absolute Gasteiger partial charge is 0.484 e. The number of anilines is 1. The van der Waals surface area contributed by atoms with Crippen LogP contribution in [0.25, 0.3) is 0 Å². The van der Waals surface area contributed by atoms with Gasteiger partial charge in [0.1, 0.15) is 11.5 Å². The minimum atomic E-state index is -0.905. The first kappa shape index (κ1) is 22.8. The van der Waals surface area contributed by atoms with Crippen LogP contribution in [0.2, 0.25) is 0 Å². The predicted octanol–water partition coefficient (Wildman–Crippen LogP) is 2.83. The van der Waals surface area contributed by atoms with Gasteiger partial charge in [0.15, 0.2) is 6.61 Å². The zero-order valence-corrected chi connectivity index (χ0v) is 18.3. The third kappa shape index (κ3) is 7.10. The summed E-state index contributed by atoms with van der Waals surface area (Å²) in [5, 5.41) is 8.93. The number of halogens is 1. The highest BCUT2D eigenvalue weighted by Gasteiger charge is 2.14. The molecule has 0 bridgehead atoms. The molecule has 10 heteroatoms. The Morgan fingerprint density at radius 1 is 1.00 bits per heavy atom. The van der Waals surface area contributed by atoms with Gasteiger partial charge in [-0.25, -0.2) is 5.43 Å². The third-order valence-corrected chi connectivity index (χ3v) is 4.69. The van der Waals surface area contributed by atoms with Crippen LogP contribution in [-0.2, 0) is 20.9 Å². The monoisotopic (exact) mass is 498 g/mol. The minimum absolute atomic E-state index is 0.142. The SMILES string of the molecule is O=C(COc1ccc(/C=N\NC(=O)C(=O)Nc2ccccc2Br)cc1)NCc1ccco1. The zero-order chi connectivity index (χ0) is 22.8. The number of para-hydroxylation sites is 1. The highest BCUT2D eigenvalue weighted by atomic mass is 79.9. The van der Waals surface area contributed by atoms with E-state index in [4.69, 9.17) is 9.15 Å². The number of rotatable bonds is 8. The van der Waals surface area contributed by atoms with E-state index in [1.54, 1.807) is 60.7 Å². The molecule has 3 rings (SSSR count). The van der Waals surface area contributed by atoms with Crippen LogP contribution < -0.4 is 20.8 Å². The molecular formula is C22H19BrN4O5. The molecule has 2 aromatic carbocycles. The number of benzene rings is 2. The van der Waals surface area contributed by atoms with Gasteiger partial charge in [-0.15, -0.1) is 0 Å². The molecule has 0 radical (unpaired) electrons. The number of nitrogens with zero attached hydrogens (tertiary/aromatic N) is 1. The Balaban J connectivity index is 1.40. The van der Waals surface area contributed by atoms with Crippen LogP contribution in [0.1, 0.15) is 11.3 Å². The van der Waals surface area contributed by atoms with E-state index in [-0.39, 0.29) is 19.1 Å². The summed E-state index contributed by atoms with van der Waals surface area (Å²) in [7, 11) is 0. The Hall–Kier alpha value is -3.92. The van der Waals surface area contributed by atoms with Gasteiger partial charge in [-0.1, -0.05) is 12.1 Å². The summed E-state index contributed by atoms with van der Waals surface area (Å²) in [6.07, 6.45) is 2.91. The van der Waals surface area contributed by atoms with E-state index in [1.807, 2.05) is 0 Å². The molecule has 1 aromatic heterocycles. The second-order valence-corrected chi connectivity index (χ2v) is 7.20. The third-order valence-electron chi connectivity index (χ3n) is 4.00. The quantitative estimate of drug-likeness (QED) is 0.250. The van der Waals surface area contributed by atoms with Crippen molar-refractivity contribution in [3.8, 4) is 5.75 Å². The minimum Gasteiger partial charge on any atom is -0.484 e. The van der Waals surface area contributed by atoms with Crippen LogP contribution in [0.4, 0.5) is 5.69 Å². The number of furan rings is 1. The van der Waals surface area contributed by atoms with Gasteiger partial charge in [0.05, 0.1) is 24.7 Å². The fourth-order valence-electron chi connectivity index (χ4n) is 2.41. The number of carbonyl (C=O) groups is 3. The van der Waals surface area contributed by atoms with E-state index >= 15 is 0 Å². The maximum Gasteiger partial charge on any atom is 0.329 e. The molecule has 0 fully saturated rings. The van der Waals surface area contributed by atoms with Gasteiger partial charge in [-0.3, -0.25) is 14.4 Å². The number of hydrogen-bond acceptors (Lipinski definition) is 6. The first-order valence-electron chi connectivity index (χ1n) is 9.42. The van der Waals surface area contributed by atoms with Crippen LogP contribution >= 0.6 is 15.9 Å². The van der Waals surface area contributed by atoms with Gasteiger partial charge in [-0.2, -0.15) is 5.10 Å². The van der Waals surface area contributed by atoms with Crippen molar-refractivity contribution in [1.29, 1.82) is 0 Å². The van der Waals surface area contributed by atoms with Crippen molar-refractivity contribution in [3.05, 3.63) is 82.7 Å². The second kappa shape index (κ2) is 11.5. The fourth-order valence-corrected chi connectivity index (χ4v) is 2.79. The lowest BCUT2D eigenvalue weighted by atomic mass is 10.2. The average molecular weight is 499 g/mol. The number of nitrogens with one attached hydrogen (secondary N) is 3. The summed E-state index contributed by atoms with van der Waals surface area (Å²) in [5.41, 5.74) is 3.29. The van der Waals surface area contributed by atoms with Crippen molar-refractivity contribution in [1.82, 2.24) is 10.7 Å². The fraction of sp³-hybridized carbons (Fsp3) is 0.0909. The van der Waals surface area contributed by atoms with Crippen molar-refractivity contribution >= 4 is 45.6 Å². The number of hydrogen-bond donors (Lipinski definition) is 3. The van der Waals surface area contributed by atoms with E-state index < -0.39 is 11.8 Å². The molecule has 32 heavy (non-hydrogen) atoms. The van der Waals surface area contributed by atoms with Crippen molar-refractivity contribution < 1.29 is 23.5 Å². The smallest absolute Gasteiger partial charge is 0.329 e. The lowest BCUT2D eigenvalue weighted by Gasteiger charge is -2.07. The molecule has 0 spiro atoms. The second-order valence-electron chi connectivity index (χ2n) is 6.35. The van der Waals surface area contributed by atoms with E-state index in [9.17, 15) is 14.4 Å². The summed E-state index contributed by atoms with van der Waals surface area (Å²) in [6.45, 7) is 0.147. The Morgan fingerprint density at radius 3 is 2.50 bits per heavy atom. The van der Waals surface area contributed by atoms with Crippen LogP contribution in [0.5, 0.6) is 5.75 Å². The number of hydrazone groups is 1. The lowest BCUT2D eigenvalue weighted by molar-refractivity contribution is -0.136. The van der Waals surface area contributed by atoms with Gasteiger partial charge >= 0.3 is 11.8 Å². The summed E-state index contributed by atoms with van der Waals surface area (Å²) < 4.78 is 11.2. The van der Waals surface area contributed by atoms with Crippen molar-refractivity contribution in [2.45, 2.75) is 6.54 Å². The van der Waals surface area contributed by atoms with Crippen LogP contribution in [0.15, 0.2) is 80.9 Å². The standard InChI is InChI=1S/C22H19BrN4O5/c23-18-5-1-2-6-19(18)26-21(29)22(30)27-25-12-15-7-9-16(10-8-15)32-14-20(28)24-13-17-4-3-11-31-17/h1-12H,13-14H2,(H,24,28)(H,26,29)(H,27,30)/b25-12-. The molecule has 0 aliphatic heterocycles. The highest BCUT2D eigenvalue weighted by molar-refractivity contribution is 9.10. The van der Waals surface area contributed by atoms with Crippen LogP contribution in [0.3, 0.4) is 0 Å². The van der Waals surface area contributed by atoms with Crippen LogP contribution in [0, 0.1) is 0 Å². The Morgan fingerprint density at radius 2 is 1.78 bits per heavy atom. The molecular weight excluding hydrogens is 480 g/mol. The van der Waals surface area contributed by atoms with Crippen molar-refractivity contribution in [2.75, 3.05) is 11.9 Å².